The van der Waals surface area contributed by atoms with Crippen LogP contribution in [0.25, 0.3) is 0 Å². The Morgan fingerprint density at radius 3 is 2.68 bits per heavy atom. The van der Waals surface area contributed by atoms with Crippen molar-refractivity contribution in [1.29, 1.82) is 0 Å². The van der Waals surface area contributed by atoms with Gasteiger partial charge in [-0.25, -0.2) is 0 Å². The van der Waals surface area contributed by atoms with Gasteiger partial charge in [-0.15, -0.1) is 0 Å². The summed E-state index contributed by atoms with van der Waals surface area (Å²) in [5.74, 6) is 0. The van der Waals surface area contributed by atoms with Gasteiger partial charge < -0.3 is 10.1 Å². The van der Waals surface area contributed by atoms with Gasteiger partial charge in [0.15, 0.2) is 0 Å². The van der Waals surface area contributed by atoms with Crippen LogP contribution in [0.15, 0.2) is 54.6 Å². The van der Waals surface area contributed by atoms with Gasteiger partial charge in [-0.05, 0) is 17.5 Å². The van der Waals surface area contributed by atoms with Crippen LogP contribution >= 0.6 is 0 Å². The van der Waals surface area contributed by atoms with Crippen molar-refractivity contribution >= 4 is 0 Å². The average Bonchev–Trinajstić information content (AvgIpc) is 2.49. The van der Waals surface area contributed by atoms with Crippen molar-refractivity contribution in [2.24, 2.45) is 0 Å². The fraction of sp³-hybridized carbons (Fsp3) is 0.294. The molecule has 2 nitrogen and oxygen atoms in total. The van der Waals surface area contributed by atoms with E-state index < -0.39 is 0 Å². The molecule has 2 heteroatoms. The Balaban J connectivity index is 1.59. The van der Waals surface area contributed by atoms with E-state index >= 15 is 0 Å². The van der Waals surface area contributed by atoms with E-state index in [1.807, 2.05) is 0 Å². The zero-order valence-corrected chi connectivity index (χ0v) is 11.1. The first-order chi connectivity index (χ1) is 9.43. The molecule has 0 saturated heterocycles. The fourth-order valence-corrected chi connectivity index (χ4v) is 2.69. The van der Waals surface area contributed by atoms with Crippen LogP contribution in [0, 0.1) is 0 Å². The lowest BCUT2D eigenvalue weighted by atomic mass is 9.97. The lowest BCUT2D eigenvalue weighted by Gasteiger charge is -2.24. The zero-order chi connectivity index (χ0) is 12.9. The van der Waals surface area contributed by atoms with E-state index in [-0.39, 0.29) is 6.10 Å². The zero-order valence-electron chi connectivity index (χ0n) is 11.1. The van der Waals surface area contributed by atoms with Crippen molar-refractivity contribution in [1.82, 2.24) is 0 Å². The standard InChI is InChI=1S/C17H19NO/c1-2-6-14(7-3-1)12-18-13-17-16-9-5-4-8-15(16)10-11-19-17/h1-9,17-18H,10-13H2/p+1. The van der Waals surface area contributed by atoms with Gasteiger partial charge in [-0.1, -0.05) is 54.6 Å². The molecule has 19 heavy (non-hydrogen) atoms. The Labute approximate surface area is 114 Å². The highest BCUT2D eigenvalue weighted by Gasteiger charge is 2.21. The summed E-state index contributed by atoms with van der Waals surface area (Å²) in [6.45, 7) is 2.86. The SMILES string of the molecule is c1ccc(C[NH2+]CC2OCCc3ccccc32)cc1. The summed E-state index contributed by atoms with van der Waals surface area (Å²) in [6.07, 6.45) is 1.29. The Kier molecular flexibility index (Phi) is 3.92. The molecule has 0 bridgehead atoms. The van der Waals surface area contributed by atoms with Gasteiger partial charge in [0.1, 0.15) is 19.2 Å². The maximum Gasteiger partial charge on any atom is 0.131 e. The van der Waals surface area contributed by atoms with Crippen molar-refractivity contribution in [2.45, 2.75) is 19.1 Å². The van der Waals surface area contributed by atoms with Crippen molar-refractivity contribution in [3.8, 4) is 0 Å². The number of ether oxygens (including phenoxy) is 1. The second kappa shape index (κ2) is 6.00. The Bertz CT molecular complexity index is 524. The van der Waals surface area contributed by atoms with Crippen molar-refractivity contribution in [3.63, 3.8) is 0 Å². The first-order valence-corrected chi connectivity index (χ1v) is 6.98. The van der Waals surface area contributed by atoms with Gasteiger partial charge in [0.2, 0.25) is 0 Å². The smallest absolute Gasteiger partial charge is 0.131 e. The summed E-state index contributed by atoms with van der Waals surface area (Å²) in [7, 11) is 0. The van der Waals surface area contributed by atoms with Crippen LogP contribution < -0.4 is 5.32 Å². The fourth-order valence-electron chi connectivity index (χ4n) is 2.69. The van der Waals surface area contributed by atoms with E-state index in [9.17, 15) is 0 Å². The van der Waals surface area contributed by atoms with Crippen molar-refractivity contribution in [3.05, 3.63) is 71.3 Å². The molecule has 0 aromatic heterocycles. The monoisotopic (exact) mass is 254 g/mol. The third kappa shape index (κ3) is 3.03. The molecule has 3 rings (SSSR count). The molecule has 2 aromatic carbocycles. The molecule has 2 aromatic rings. The molecule has 1 unspecified atom stereocenters. The third-order valence-electron chi connectivity index (χ3n) is 3.70. The second-order valence-electron chi connectivity index (χ2n) is 5.02. The van der Waals surface area contributed by atoms with Crippen LogP contribution in [-0.4, -0.2) is 13.2 Å². The Hall–Kier alpha value is -1.64. The topological polar surface area (TPSA) is 25.8 Å². The molecule has 1 aliphatic heterocycles. The Morgan fingerprint density at radius 1 is 1.00 bits per heavy atom. The lowest BCUT2D eigenvalue weighted by molar-refractivity contribution is -0.678. The molecule has 1 heterocycles. The number of hydrogen-bond donors (Lipinski definition) is 1. The van der Waals surface area contributed by atoms with Gasteiger partial charge in [-0.2, -0.15) is 0 Å². The van der Waals surface area contributed by atoms with Crippen LogP contribution in [-0.2, 0) is 17.7 Å². The third-order valence-corrected chi connectivity index (χ3v) is 3.70. The largest absolute Gasteiger partial charge is 0.367 e. The molecule has 0 radical (unpaired) electrons. The second-order valence-corrected chi connectivity index (χ2v) is 5.02. The molecule has 1 aliphatic rings. The van der Waals surface area contributed by atoms with E-state index in [1.165, 1.54) is 16.7 Å². The highest BCUT2D eigenvalue weighted by Crippen LogP contribution is 2.25. The van der Waals surface area contributed by atoms with Crippen molar-refractivity contribution in [2.75, 3.05) is 13.2 Å². The highest BCUT2D eigenvalue weighted by atomic mass is 16.5. The predicted octanol–water partition coefficient (Wildman–Crippen LogP) is 2.06. The number of fused-ring (bicyclic) bond motifs is 1. The number of quaternary nitrogens is 1. The predicted molar refractivity (Wildman–Crippen MR) is 75.8 cm³/mol. The molecule has 98 valence electrons. The number of rotatable bonds is 4. The molecule has 0 aliphatic carbocycles. The van der Waals surface area contributed by atoms with Gasteiger partial charge in [0.05, 0.1) is 6.61 Å². The molecular formula is C17H20NO+. The van der Waals surface area contributed by atoms with Crippen LogP contribution in [0.4, 0.5) is 0 Å². The maximum absolute atomic E-state index is 5.91. The summed E-state index contributed by atoms with van der Waals surface area (Å²) < 4.78 is 5.91. The van der Waals surface area contributed by atoms with Crippen LogP contribution in [0.2, 0.25) is 0 Å². The van der Waals surface area contributed by atoms with Gasteiger partial charge in [0, 0.05) is 5.56 Å². The first-order valence-electron chi connectivity index (χ1n) is 6.98. The summed E-state index contributed by atoms with van der Waals surface area (Å²) in [4.78, 5) is 0. The summed E-state index contributed by atoms with van der Waals surface area (Å²) >= 11 is 0. The minimum absolute atomic E-state index is 0.244. The minimum atomic E-state index is 0.244. The molecule has 0 spiro atoms. The van der Waals surface area contributed by atoms with Gasteiger partial charge in [0.25, 0.3) is 0 Å². The molecule has 0 amide bonds. The molecule has 0 fully saturated rings. The minimum Gasteiger partial charge on any atom is -0.367 e. The van der Waals surface area contributed by atoms with Crippen LogP contribution in [0.1, 0.15) is 22.8 Å². The van der Waals surface area contributed by atoms with Crippen LogP contribution in [0.5, 0.6) is 0 Å². The number of benzene rings is 2. The van der Waals surface area contributed by atoms with Crippen molar-refractivity contribution < 1.29 is 10.1 Å². The van der Waals surface area contributed by atoms with Crippen LogP contribution in [0.3, 0.4) is 0 Å². The van der Waals surface area contributed by atoms with E-state index in [0.717, 1.165) is 26.1 Å². The van der Waals surface area contributed by atoms with E-state index in [0.29, 0.717) is 0 Å². The lowest BCUT2D eigenvalue weighted by Crippen LogP contribution is -2.83. The quantitative estimate of drug-likeness (QED) is 0.888. The highest BCUT2D eigenvalue weighted by molar-refractivity contribution is 5.30. The van der Waals surface area contributed by atoms with E-state index in [1.54, 1.807) is 0 Å². The van der Waals surface area contributed by atoms with Gasteiger partial charge in [-0.3, -0.25) is 0 Å². The Morgan fingerprint density at radius 2 is 1.79 bits per heavy atom. The van der Waals surface area contributed by atoms with E-state index in [2.05, 4.69) is 59.9 Å². The molecule has 0 saturated carbocycles. The normalized spacial score (nSPS) is 18.0. The molecule has 1 atom stereocenters. The average molecular weight is 254 g/mol. The van der Waals surface area contributed by atoms with E-state index in [4.69, 9.17) is 4.74 Å². The molecular weight excluding hydrogens is 234 g/mol. The summed E-state index contributed by atoms with van der Waals surface area (Å²) in [5.41, 5.74) is 4.19. The summed E-state index contributed by atoms with van der Waals surface area (Å²) in [5, 5.41) is 2.34. The number of nitrogens with two attached hydrogens (primary N) is 1. The molecule has 2 N–H and O–H groups in total. The first kappa shape index (κ1) is 12.4. The number of hydrogen-bond acceptors (Lipinski definition) is 1. The van der Waals surface area contributed by atoms with Gasteiger partial charge >= 0.3 is 0 Å². The maximum atomic E-state index is 5.91. The summed E-state index contributed by atoms with van der Waals surface area (Å²) in [6, 6.07) is 19.2.